The Morgan fingerprint density at radius 1 is 1.00 bits per heavy atom. The van der Waals surface area contributed by atoms with Gasteiger partial charge in [-0.15, -0.1) is 0 Å². The van der Waals surface area contributed by atoms with Crippen LogP contribution in [0.25, 0.3) is 0 Å². The second kappa shape index (κ2) is 11.6. The van der Waals surface area contributed by atoms with Crippen molar-refractivity contribution in [3.8, 4) is 5.75 Å². The highest BCUT2D eigenvalue weighted by Gasteiger charge is 2.40. The van der Waals surface area contributed by atoms with Crippen LogP contribution < -0.4 is 26.0 Å². The zero-order valence-electron chi connectivity index (χ0n) is 21.7. The Balaban J connectivity index is 1.47. The van der Waals surface area contributed by atoms with Crippen molar-refractivity contribution in [1.82, 2.24) is 9.80 Å². The molecule has 8 heteroatoms. The molecule has 2 aromatic carbocycles. The molecule has 0 amide bonds. The van der Waals surface area contributed by atoms with Gasteiger partial charge in [-0.3, -0.25) is 10.6 Å². The van der Waals surface area contributed by atoms with Gasteiger partial charge >= 0.3 is 0 Å². The monoisotopic (exact) mass is 482 g/mol. The molecular weight excluding hydrogens is 440 g/mol. The van der Waals surface area contributed by atoms with Crippen LogP contribution in [0, 0.1) is 0 Å². The van der Waals surface area contributed by atoms with Gasteiger partial charge in [-0.05, 0) is 50.6 Å². The predicted molar refractivity (Wildman–Crippen MR) is 143 cm³/mol. The molecule has 8 nitrogen and oxygen atoms in total. The van der Waals surface area contributed by atoms with E-state index >= 15 is 0 Å². The molecule has 0 radical (unpaired) electrons. The number of piperidine rings is 1. The molecule has 192 valence electrons. The van der Waals surface area contributed by atoms with Crippen LogP contribution in [0.4, 0.5) is 11.4 Å². The molecule has 2 unspecified atom stereocenters. The molecular formula is C27H42N6O2. The van der Waals surface area contributed by atoms with E-state index in [4.69, 9.17) is 20.9 Å². The van der Waals surface area contributed by atoms with E-state index in [0.717, 1.165) is 62.4 Å². The Hall–Kier alpha value is -2.36. The van der Waals surface area contributed by atoms with Crippen molar-refractivity contribution in [2.75, 3.05) is 64.4 Å². The van der Waals surface area contributed by atoms with Gasteiger partial charge < -0.3 is 25.0 Å². The van der Waals surface area contributed by atoms with Crippen LogP contribution in [0.1, 0.15) is 36.6 Å². The number of likely N-dealkylation sites (tertiary alicyclic amines) is 1. The molecule has 2 aliphatic rings. The Kier molecular flexibility index (Phi) is 8.51. The fourth-order valence-electron chi connectivity index (χ4n) is 5.63. The van der Waals surface area contributed by atoms with Gasteiger partial charge in [-0.2, -0.15) is 0 Å². The lowest BCUT2D eigenvalue weighted by molar-refractivity contribution is 0.0279. The normalized spacial score (nSPS) is 21.7. The molecule has 0 spiro atoms. The first-order valence-electron chi connectivity index (χ1n) is 12.6. The summed E-state index contributed by atoms with van der Waals surface area (Å²) in [4.78, 5) is 9.31. The topological polar surface area (TPSA) is 83.5 Å². The average molecular weight is 483 g/mol. The summed E-state index contributed by atoms with van der Waals surface area (Å²) in [7, 11) is 7.66. The summed E-state index contributed by atoms with van der Waals surface area (Å²) in [5, 5.41) is 0. The maximum absolute atomic E-state index is 6.89. The lowest BCUT2D eigenvalue weighted by Gasteiger charge is -2.51. The summed E-state index contributed by atoms with van der Waals surface area (Å²) >= 11 is 0. The number of rotatable bonds is 9. The highest BCUT2D eigenvalue weighted by molar-refractivity contribution is 5.59. The fourth-order valence-corrected chi connectivity index (χ4v) is 5.63. The molecule has 1 fully saturated rings. The van der Waals surface area contributed by atoms with Gasteiger partial charge in [-0.1, -0.05) is 24.3 Å². The maximum atomic E-state index is 6.89. The second-order valence-electron chi connectivity index (χ2n) is 9.76. The van der Waals surface area contributed by atoms with E-state index < -0.39 is 0 Å². The van der Waals surface area contributed by atoms with Crippen LogP contribution in [-0.2, 0) is 11.3 Å². The standard InChI is InChI=1S/C27H42N6O2/c1-30(2)23-11-7-12-25(35-4)22(23)19-31-16-13-20(14-17-31)33-26(28)21-9-5-6-10-24(21)32(27(33)29)15-8-18-34-3/h5-7,9-12,20,26-27H,8,13-19,28-29H2,1-4H3. The minimum Gasteiger partial charge on any atom is -0.496 e. The number of hydrogen-bond acceptors (Lipinski definition) is 8. The van der Waals surface area contributed by atoms with Crippen LogP contribution >= 0.6 is 0 Å². The van der Waals surface area contributed by atoms with E-state index in [9.17, 15) is 0 Å². The molecule has 2 atom stereocenters. The molecule has 0 aromatic heterocycles. The average Bonchev–Trinajstić information content (AvgIpc) is 2.87. The minimum absolute atomic E-state index is 0.203. The number of nitrogens with two attached hydrogens (primary N) is 2. The molecule has 2 aliphatic heterocycles. The van der Waals surface area contributed by atoms with Gasteiger partial charge in [0.2, 0.25) is 0 Å². The number of anilines is 2. The molecule has 4 rings (SSSR count). The third kappa shape index (κ3) is 5.42. The molecule has 4 N–H and O–H groups in total. The lowest BCUT2D eigenvalue weighted by atomic mass is 9.97. The van der Waals surface area contributed by atoms with Gasteiger partial charge in [0.25, 0.3) is 0 Å². The van der Waals surface area contributed by atoms with Gasteiger partial charge in [0.05, 0.1) is 13.3 Å². The van der Waals surface area contributed by atoms with Crippen molar-refractivity contribution in [2.24, 2.45) is 11.5 Å². The highest BCUT2D eigenvalue weighted by atomic mass is 16.5. The van der Waals surface area contributed by atoms with Crippen molar-refractivity contribution < 1.29 is 9.47 Å². The van der Waals surface area contributed by atoms with E-state index in [1.165, 1.54) is 11.3 Å². The third-order valence-electron chi connectivity index (χ3n) is 7.43. The lowest BCUT2D eigenvalue weighted by Crippen LogP contribution is -2.64. The summed E-state index contributed by atoms with van der Waals surface area (Å²) in [6, 6.07) is 15.0. The quantitative estimate of drug-likeness (QED) is 0.528. The van der Waals surface area contributed by atoms with E-state index in [0.29, 0.717) is 12.6 Å². The number of fused-ring (bicyclic) bond motifs is 1. The van der Waals surface area contributed by atoms with Crippen LogP contribution in [-0.4, -0.2) is 76.7 Å². The number of hydrogen-bond donors (Lipinski definition) is 2. The minimum atomic E-state index is -0.247. The SMILES string of the molecule is COCCCN1c2ccccc2C(N)N(C2CCN(Cc3c(OC)cccc3N(C)C)CC2)C1N. The second-order valence-corrected chi connectivity index (χ2v) is 9.76. The Labute approximate surface area is 210 Å². The van der Waals surface area contributed by atoms with Crippen LogP contribution in [0.2, 0.25) is 0 Å². The zero-order chi connectivity index (χ0) is 24.9. The van der Waals surface area contributed by atoms with E-state index in [1.54, 1.807) is 14.2 Å². The van der Waals surface area contributed by atoms with E-state index in [1.807, 2.05) is 0 Å². The van der Waals surface area contributed by atoms with Crippen molar-refractivity contribution >= 4 is 11.4 Å². The van der Waals surface area contributed by atoms with Crippen molar-refractivity contribution in [2.45, 2.75) is 44.3 Å². The number of methoxy groups -OCH3 is 2. The largest absolute Gasteiger partial charge is 0.496 e. The summed E-state index contributed by atoms with van der Waals surface area (Å²) in [5.74, 6) is 0.946. The molecule has 35 heavy (non-hydrogen) atoms. The zero-order valence-corrected chi connectivity index (χ0v) is 21.7. The Morgan fingerprint density at radius 3 is 2.43 bits per heavy atom. The molecule has 1 saturated heterocycles. The first-order valence-corrected chi connectivity index (χ1v) is 12.6. The summed E-state index contributed by atoms with van der Waals surface area (Å²) < 4.78 is 11.0. The molecule has 2 aromatic rings. The Morgan fingerprint density at radius 2 is 1.74 bits per heavy atom. The van der Waals surface area contributed by atoms with Crippen molar-refractivity contribution in [3.05, 3.63) is 53.6 Å². The summed E-state index contributed by atoms with van der Waals surface area (Å²) in [5.41, 5.74) is 18.5. The van der Waals surface area contributed by atoms with Crippen LogP contribution in [0.5, 0.6) is 5.75 Å². The third-order valence-corrected chi connectivity index (χ3v) is 7.43. The van der Waals surface area contributed by atoms with E-state index in [-0.39, 0.29) is 12.5 Å². The number of benzene rings is 2. The summed E-state index contributed by atoms with van der Waals surface area (Å²) in [6.45, 7) is 4.42. The molecule has 0 saturated carbocycles. The van der Waals surface area contributed by atoms with Gasteiger partial charge in [0.1, 0.15) is 12.0 Å². The van der Waals surface area contributed by atoms with Crippen molar-refractivity contribution in [3.63, 3.8) is 0 Å². The summed E-state index contributed by atoms with van der Waals surface area (Å²) in [6.07, 6.45) is 2.53. The van der Waals surface area contributed by atoms with Gasteiger partial charge in [-0.25, -0.2) is 4.90 Å². The number of nitrogens with zero attached hydrogens (tertiary/aromatic N) is 4. The smallest absolute Gasteiger partial charge is 0.136 e. The molecule has 0 aliphatic carbocycles. The molecule has 2 heterocycles. The molecule has 0 bridgehead atoms. The van der Waals surface area contributed by atoms with E-state index in [2.05, 4.69) is 76.2 Å². The van der Waals surface area contributed by atoms with Crippen LogP contribution in [0.15, 0.2) is 42.5 Å². The van der Waals surface area contributed by atoms with Crippen LogP contribution in [0.3, 0.4) is 0 Å². The fraction of sp³-hybridized carbons (Fsp3) is 0.556. The highest BCUT2D eigenvalue weighted by Crippen LogP contribution is 2.38. The first-order chi connectivity index (χ1) is 17.0. The number of para-hydroxylation sites is 1. The van der Waals surface area contributed by atoms with Gasteiger partial charge in [0.15, 0.2) is 0 Å². The number of ether oxygens (including phenoxy) is 2. The van der Waals surface area contributed by atoms with Gasteiger partial charge in [0, 0.05) is 69.4 Å². The Bertz CT molecular complexity index is 962. The maximum Gasteiger partial charge on any atom is 0.136 e. The van der Waals surface area contributed by atoms with Crippen molar-refractivity contribution in [1.29, 1.82) is 0 Å². The first kappa shape index (κ1) is 25.7. The predicted octanol–water partition coefficient (Wildman–Crippen LogP) is 2.78.